The van der Waals surface area contributed by atoms with Crippen molar-refractivity contribution < 1.29 is 18.7 Å². The van der Waals surface area contributed by atoms with Crippen molar-refractivity contribution in [2.75, 3.05) is 32.8 Å². The first kappa shape index (κ1) is 22.3. The van der Waals surface area contributed by atoms with Gasteiger partial charge in [0.25, 0.3) is 11.8 Å². The van der Waals surface area contributed by atoms with Crippen LogP contribution in [-0.2, 0) is 0 Å². The lowest BCUT2D eigenvalue weighted by Gasteiger charge is -2.32. The van der Waals surface area contributed by atoms with Gasteiger partial charge in [-0.3, -0.25) is 9.59 Å². The molecule has 2 saturated heterocycles. The summed E-state index contributed by atoms with van der Waals surface area (Å²) in [5.41, 5.74) is 1.62. The van der Waals surface area contributed by atoms with E-state index in [1.165, 1.54) is 12.5 Å². The van der Waals surface area contributed by atoms with Crippen LogP contribution < -0.4 is 4.74 Å². The Hall–Kier alpha value is -2.89. The van der Waals surface area contributed by atoms with Crippen LogP contribution in [0.1, 0.15) is 58.4 Å². The van der Waals surface area contributed by atoms with E-state index in [0.717, 1.165) is 44.5 Å². The van der Waals surface area contributed by atoms with E-state index in [0.29, 0.717) is 36.4 Å². The third-order valence-corrected chi connectivity index (χ3v) is 6.46. The maximum Gasteiger partial charge on any atom is 0.253 e. The minimum atomic E-state index is -0.352. The number of hydrogen-bond acceptors (Lipinski definition) is 3. The van der Waals surface area contributed by atoms with Crippen LogP contribution in [0, 0.1) is 18.7 Å². The zero-order valence-electron chi connectivity index (χ0n) is 18.7. The van der Waals surface area contributed by atoms with Crippen LogP contribution in [-0.4, -0.2) is 54.4 Å². The van der Waals surface area contributed by atoms with Gasteiger partial charge < -0.3 is 14.5 Å². The second-order valence-electron chi connectivity index (χ2n) is 8.91. The summed E-state index contributed by atoms with van der Waals surface area (Å²) < 4.78 is 19.8. The minimum absolute atomic E-state index is 0.0882. The Balaban J connectivity index is 1.30. The monoisotopic (exact) mass is 438 g/mol. The van der Waals surface area contributed by atoms with Gasteiger partial charge in [0.15, 0.2) is 0 Å². The average Bonchev–Trinajstić information content (AvgIpc) is 2.84. The Bertz CT molecular complexity index is 954. The van der Waals surface area contributed by atoms with E-state index in [-0.39, 0.29) is 23.5 Å². The standard InChI is InChI=1S/C26H31FN2O3/c1-19-7-8-22(16-24(19)27)26(31)29-15-5-6-20(17-29)18-32-23-11-9-21(10-12-23)25(30)28-13-3-2-4-14-28/h7-12,16,20H,2-6,13-15,17-18H2,1H3/t20-/m0/s1. The Morgan fingerprint density at radius 2 is 1.56 bits per heavy atom. The maximum absolute atomic E-state index is 13.9. The van der Waals surface area contributed by atoms with E-state index < -0.39 is 0 Å². The number of hydrogen-bond donors (Lipinski definition) is 0. The highest BCUT2D eigenvalue weighted by Gasteiger charge is 2.25. The van der Waals surface area contributed by atoms with Crippen LogP contribution in [0.25, 0.3) is 0 Å². The lowest BCUT2D eigenvalue weighted by atomic mass is 9.98. The van der Waals surface area contributed by atoms with Gasteiger partial charge in [-0.2, -0.15) is 0 Å². The van der Waals surface area contributed by atoms with Crippen molar-refractivity contribution in [3.8, 4) is 5.75 Å². The molecule has 2 aromatic carbocycles. The average molecular weight is 439 g/mol. The Labute approximate surface area is 189 Å². The van der Waals surface area contributed by atoms with E-state index in [2.05, 4.69) is 0 Å². The summed E-state index contributed by atoms with van der Waals surface area (Å²) in [6.07, 6.45) is 5.23. The van der Waals surface area contributed by atoms with Gasteiger partial charge in [0.05, 0.1) is 6.61 Å². The number of likely N-dealkylation sites (tertiary alicyclic amines) is 2. The topological polar surface area (TPSA) is 49.9 Å². The molecule has 2 aromatic rings. The summed E-state index contributed by atoms with van der Waals surface area (Å²) in [7, 11) is 0. The van der Waals surface area contributed by atoms with E-state index in [4.69, 9.17) is 4.74 Å². The molecule has 0 aromatic heterocycles. The number of rotatable bonds is 5. The first-order valence-corrected chi connectivity index (χ1v) is 11.6. The molecular formula is C26H31FN2O3. The SMILES string of the molecule is Cc1ccc(C(=O)N2CCC[C@H](COc3ccc(C(=O)N4CCCCC4)cc3)C2)cc1F. The van der Waals surface area contributed by atoms with Crippen LogP contribution in [0.4, 0.5) is 4.39 Å². The number of benzene rings is 2. The summed E-state index contributed by atoms with van der Waals surface area (Å²) in [6, 6.07) is 12.0. The molecule has 2 amide bonds. The molecule has 5 nitrogen and oxygen atoms in total. The van der Waals surface area contributed by atoms with Crippen LogP contribution in [0.15, 0.2) is 42.5 Å². The number of carbonyl (C=O) groups excluding carboxylic acids is 2. The summed E-state index contributed by atoms with van der Waals surface area (Å²) >= 11 is 0. The molecule has 170 valence electrons. The first-order chi connectivity index (χ1) is 15.5. The third-order valence-electron chi connectivity index (χ3n) is 6.46. The van der Waals surface area contributed by atoms with Crippen molar-refractivity contribution in [2.24, 2.45) is 5.92 Å². The molecular weight excluding hydrogens is 407 g/mol. The molecule has 2 heterocycles. The Morgan fingerprint density at radius 3 is 2.28 bits per heavy atom. The second kappa shape index (κ2) is 10.2. The Kier molecular flexibility index (Phi) is 7.08. The van der Waals surface area contributed by atoms with Gasteiger partial charge in [-0.05, 0) is 81.0 Å². The van der Waals surface area contributed by atoms with Crippen LogP contribution in [0.2, 0.25) is 0 Å². The predicted octanol–water partition coefficient (Wildman–Crippen LogP) is 4.69. The minimum Gasteiger partial charge on any atom is -0.493 e. The largest absolute Gasteiger partial charge is 0.493 e. The van der Waals surface area contributed by atoms with Crippen LogP contribution in [0.5, 0.6) is 5.75 Å². The molecule has 0 unspecified atom stereocenters. The summed E-state index contributed by atoms with van der Waals surface area (Å²) in [4.78, 5) is 29.1. The van der Waals surface area contributed by atoms with Gasteiger partial charge in [-0.15, -0.1) is 0 Å². The highest BCUT2D eigenvalue weighted by atomic mass is 19.1. The fraction of sp³-hybridized carbons (Fsp3) is 0.462. The summed E-state index contributed by atoms with van der Waals surface area (Å²) in [6.45, 7) is 5.14. The van der Waals surface area contributed by atoms with Crippen LogP contribution in [0.3, 0.4) is 0 Å². The predicted molar refractivity (Wildman–Crippen MR) is 121 cm³/mol. The molecule has 2 fully saturated rings. The number of piperidine rings is 2. The third kappa shape index (κ3) is 5.29. The quantitative estimate of drug-likeness (QED) is 0.680. The number of halogens is 1. The van der Waals surface area contributed by atoms with E-state index in [1.54, 1.807) is 24.0 Å². The van der Waals surface area contributed by atoms with Crippen molar-refractivity contribution in [3.05, 3.63) is 65.0 Å². The van der Waals surface area contributed by atoms with Crippen molar-refractivity contribution >= 4 is 11.8 Å². The highest BCUT2D eigenvalue weighted by molar-refractivity contribution is 5.95. The van der Waals surface area contributed by atoms with Crippen molar-refractivity contribution in [1.29, 1.82) is 0 Å². The molecule has 1 atom stereocenters. The molecule has 0 aliphatic carbocycles. The molecule has 0 saturated carbocycles. The fourth-order valence-electron chi connectivity index (χ4n) is 4.48. The molecule has 2 aliphatic rings. The van der Waals surface area contributed by atoms with Gasteiger partial charge in [0, 0.05) is 43.2 Å². The number of amides is 2. The fourth-order valence-corrected chi connectivity index (χ4v) is 4.48. The molecule has 6 heteroatoms. The normalized spacial score (nSPS) is 19.0. The van der Waals surface area contributed by atoms with Crippen molar-refractivity contribution in [2.45, 2.75) is 39.0 Å². The van der Waals surface area contributed by atoms with Crippen LogP contribution >= 0.6 is 0 Å². The van der Waals surface area contributed by atoms with Gasteiger partial charge in [0.2, 0.25) is 0 Å². The molecule has 4 rings (SSSR count). The zero-order chi connectivity index (χ0) is 22.5. The molecule has 32 heavy (non-hydrogen) atoms. The van der Waals surface area contributed by atoms with Crippen molar-refractivity contribution in [1.82, 2.24) is 9.80 Å². The zero-order valence-corrected chi connectivity index (χ0v) is 18.7. The molecule has 0 spiro atoms. The molecule has 0 bridgehead atoms. The maximum atomic E-state index is 13.9. The van der Waals surface area contributed by atoms with E-state index in [9.17, 15) is 14.0 Å². The lowest BCUT2D eigenvalue weighted by Crippen LogP contribution is -2.41. The molecule has 0 radical (unpaired) electrons. The van der Waals surface area contributed by atoms with Crippen molar-refractivity contribution in [3.63, 3.8) is 0 Å². The van der Waals surface area contributed by atoms with Gasteiger partial charge in [-0.1, -0.05) is 6.07 Å². The number of ether oxygens (including phenoxy) is 1. The first-order valence-electron chi connectivity index (χ1n) is 11.6. The molecule has 0 N–H and O–H groups in total. The summed E-state index contributed by atoms with van der Waals surface area (Å²) in [5, 5.41) is 0. The van der Waals surface area contributed by atoms with E-state index >= 15 is 0 Å². The van der Waals surface area contributed by atoms with Gasteiger partial charge in [0.1, 0.15) is 11.6 Å². The molecule has 2 aliphatic heterocycles. The smallest absolute Gasteiger partial charge is 0.253 e. The Morgan fingerprint density at radius 1 is 0.906 bits per heavy atom. The van der Waals surface area contributed by atoms with Gasteiger partial charge >= 0.3 is 0 Å². The van der Waals surface area contributed by atoms with E-state index in [1.807, 2.05) is 29.2 Å². The van der Waals surface area contributed by atoms with Gasteiger partial charge in [-0.25, -0.2) is 4.39 Å². The lowest BCUT2D eigenvalue weighted by molar-refractivity contribution is 0.0632. The second-order valence-corrected chi connectivity index (χ2v) is 8.91. The summed E-state index contributed by atoms with van der Waals surface area (Å²) in [5.74, 6) is 0.552. The number of carbonyl (C=O) groups is 2. The number of aryl methyl sites for hydroxylation is 1. The highest BCUT2D eigenvalue weighted by Crippen LogP contribution is 2.22. The number of nitrogens with zero attached hydrogens (tertiary/aromatic N) is 2.